The molecule has 1 N–H and O–H groups in total. The third-order valence-electron chi connectivity index (χ3n) is 4.52. The van der Waals surface area contributed by atoms with E-state index in [1.807, 2.05) is 12.1 Å². The van der Waals surface area contributed by atoms with Crippen molar-refractivity contribution in [3.05, 3.63) is 89.8 Å². The maximum Gasteiger partial charge on any atom is 0.418 e. The Bertz CT molecular complexity index is 1080. The van der Waals surface area contributed by atoms with Gasteiger partial charge in [0, 0.05) is 43.8 Å². The van der Waals surface area contributed by atoms with Gasteiger partial charge in [-0.1, -0.05) is 18.2 Å². The first kappa shape index (κ1) is 22.9. The number of carbonyl (C=O) groups excluding carboxylic acids is 1. The third kappa shape index (κ3) is 6.34. The van der Waals surface area contributed by atoms with Crippen LogP contribution in [0.4, 0.5) is 24.5 Å². The molecule has 1 aromatic heterocycles. The number of amides is 1. The molecule has 0 bridgehead atoms. The fourth-order valence-corrected chi connectivity index (χ4v) is 2.83. The molecule has 5 nitrogen and oxygen atoms in total. The quantitative estimate of drug-likeness (QED) is 0.499. The molecular formula is C24H22F3N3O2. The molecule has 1 heterocycles. The molecule has 2 aromatic carbocycles. The van der Waals surface area contributed by atoms with Gasteiger partial charge in [-0.15, -0.1) is 0 Å². The van der Waals surface area contributed by atoms with Crippen LogP contribution in [0.5, 0.6) is 5.75 Å². The van der Waals surface area contributed by atoms with Gasteiger partial charge in [-0.25, -0.2) is 0 Å². The molecule has 0 saturated heterocycles. The zero-order valence-electron chi connectivity index (χ0n) is 17.6. The molecular weight excluding hydrogens is 419 g/mol. The highest BCUT2D eigenvalue weighted by Crippen LogP contribution is 2.37. The maximum atomic E-state index is 13.4. The Morgan fingerprint density at radius 1 is 1.12 bits per heavy atom. The molecule has 0 spiro atoms. The molecule has 0 saturated carbocycles. The van der Waals surface area contributed by atoms with Gasteiger partial charge in [-0.2, -0.15) is 13.2 Å². The smallest absolute Gasteiger partial charge is 0.418 e. The second-order valence-electron chi connectivity index (χ2n) is 7.16. The van der Waals surface area contributed by atoms with Crippen molar-refractivity contribution < 1.29 is 22.7 Å². The minimum absolute atomic E-state index is 0.295. The Hall–Kier alpha value is -3.81. The van der Waals surface area contributed by atoms with E-state index in [-0.39, 0.29) is 5.69 Å². The van der Waals surface area contributed by atoms with Gasteiger partial charge >= 0.3 is 6.18 Å². The van der Waals surface area contributed by atoms with Crippen LogP contribution in [0.15, 0.2) is 73.1 Å². The molecule has 0 radical (unpaired) electrons. The Morgan fingerprint density at radius 2 is 1.88 bits per heavy atom. The van der Waals surface area contributed by atoms with Crippen molar-refractivity contribution in [2.75, 3.05) is 24.3 Å². The lowest BCUT2D eigenvalue weighted by Crippen LogP contribution is -2.16. The number of carbonyl (C=O) groups is 1. The van der Waals surface area contributed by atoms with Crippen LogP contribution in [0.25, 0.3) is 6.08 Å². The minimum Gasteiger partial charge on any atom is -0.489 e. The minimum atomic E-state index is -4.59. The van der Waals surface area contributed by atoms with Gasteiger partial charge in [-0.05, 0) is 48.0 Å². The number of hydrogen-bond donors (Lipinski definition) is 1. The van der Waals surface area contributed by atoms with E-state index in [4.69, 9.17) is 4.74 Å². The van der Waals surface area contributed by atoms with Crippen LogP contribution in [-0.2, 0) is 17.6 Å². The van der Waals surface area contributed by atoms with Gasteiger partial charge in [0.25, 0.3) is 0 Å². The first-order valence-corrected chi connectivity index (χ1v) is 9.72. The number of rotatable bonds is 7. The standard InChI is InChI=1S/C24H22F3N3O2/c1-30(2)19-8-11-22(21(14-19)24(25,26)27)29-23(31)12-7-17-5-9-20(10-6-17)32-16-18-4-3-13-28-15-18/h3-15H,16H2,1-2H3,(H,29,31)/b12-7+. The molecule has 8 heteroatoms. The van der Waals surface area contributed by atoms with Gasteiger partial charge in [0.1, 0.15) is 12.4 Å². The average molecular weight is 441 g/mol. The summed E-state index contributed by atoms with van der Waals surface area (Å²) >= 11 is 0. The van der Waals surface area contributed by atoms with Gasteiger partial charge < -0.3 is 15.0 Å². The van der Waals surface area contributed by atoms with Gasteiger partial charge in [0.05, 0.1) is 11.3 Å². The number of aromatic nitrogens is 1. The fourth-order valence-electron chi connectivity index (χ4n) is 2.83. The molecule has 3 aromatic rings. The van der Waals surface area contributed by atoms with E-state index in [2.05, 4.69) is 10.3 Å². The van der Waals surface area contributed by atoms with Crippen molar-refractivity contribution in [3.8, 4) is 5.75 Å². The van der Waals surface area contributed by atoms with E-state index in [0.29, 0.717) is 23.6 Å². The van der Waals surface area contributed by atoms with E-state index in [9.17, 15) is 18.0 Å². The number of anilines is 2. The van der Waals surface area contributed by atoms with Crippen LogP contribution in [0.2, 0.25) is 0 Å². The summed E-state index contributed by atoms with van der Waals surface area (Å²) < 4.78 is 45.9. The average Bonchev–Trinajstić information content (AvgIpc) is 2.77. The fraction of sp³-hybridized carbons (Fsp3) is 0.167. The van der Waals surface area contributed by atoms with Crippen LogP contribution in [-0.4, -0.2) is 25.0 Å². The first-order chi connectivity index (χ1) is 15.2. The number of alkyl halides is 3. The number of halogens is 3. The molecule has 32 heavy (non-hydrogen) atoms. The number of ether oxygens (including phenoxy) is 1. The van der Waals surface area contributed by atoms with Crippen molar-refractivity contribution in [2.24, 2.45) is 0 Å². The predicted octanol–water partition coefficient (Wildman–Crippen LogP) is 5.40. The van der Waals surface area contributed by atoms with E-state index in [0.717, 1.165) is 11.6 Å². The topological polar surface area (TPSA) is 54.5 Å². The molecule has 0 fully saturated rings. The monoisotopic (exact) mass is 441 g/mol. The highest BCUT2D eigenvalue weighted by Gasteiger charge is 2.34. The maximum absolute atomic E-state index is 13.4. The highest BCUT2D eigenvalue weighted by molar-refractivity contribution is 6.02. The largest absolute Gasteiger partial charge is 0.489 e. The van der Waals surface area contributed by atoms with Crippen molar-refractivity contribution in [3.63, 3.8) is 0 Å². The van der Waals surface area contributed by atoms with Crippen molar-refractivity contribution in [1.29, 1.82) is 0 Å². The molecule has 0 aliphatic heterocycles. The number of nitrogens with zero attached hydrogens (tertiary/aromatic N) is 2. The van der Waals surface area contributed by atoms with Crippen LogP contribution in [0.3, 0.4) is 0 Å². The van der Waals surface area contributed by atoms with Crippen LogP contribution < -0.4 is 15.0 Å². The lowest BCUT2D eigenvalue weighted by Gasteiger charge is -2.18. The highest BCUT2D eigenvalue weighted by atomic mass is 19.4. The van der Waals surface area contributed by atoms with Crippen molar-refractivity contribution >= 4 is 23.4 Å². The second kappa shape index (κ2) is 10.00. The third-order valence-corrected chi connectivity index (χ3v) is 4.52. The summed E-state index contributed by atoms with van der Waals surface area (Å²) in [5.41, 5.74) is 0.826. The van der Waals surface area contributed by atoms with E-state index >= 15 is 0 Å². The Morgan fingerprint density at radius 3 is 2.50 bits per heavy atom. The van der Waals surface area contributed by atoms with Crippen LogP contribution in [0, 0.1) is 0 Å². The molecule has 0 aliphatic rings. The molecule has 1 amide bonds. The van der Waals surface area contributed by atoms with Crippen molar-refractivity contribution in [1.82, 2.24) is 4.98 Å². The van der Waals surface area contributed by atoms with Gasteiger partial charge in [-0.3, -0.25) is 9.78 Å². The zero-order chi connectivity index (χ0) is 23.1. The number of benzene rings is 2. The summed E-state index contributed by atoms with van der Waals surface area (Å²) in [6.07, 6.45) is 1.51. The SMILES string of the molecule is CN(C)c1ccc(NC(=O)/C=C/c2ccc(OCc3cccnc3)cc2)c(C(F)(F)F)c1. The van der Waals surface area contributed by atoms with E-state index in [1.54, 1.807) is 55.7 Å². The summed E-state index contributed by atoms with van der Waals surface area (Å²) in [5, 5.41) is 2.31. The second-order valence-corrected chi connectivity index (χ2v) is 7.16. The lowest BCUT2D eigenvalue weighted by molar-refractivity contribution is -0.136. The normalized spacial score (nSPS) is 11.4. The summed E-state index contributed by atoms with van der Waals surface area (Å²) in [6, 6.07) is 14.5. The van der Waals surface area contributed by atoms with Crippen molar-refractivity contribution in [2.45, 2.75) is 12.8 Å². The lowest BCUT2D eigenvalue weighted by atomic mass is 10.1. The predicted molar refractivity (Wildman–Crippen MR) is 118 cm³/mol. The first-order valence-electron chi connectivity index (χ1n) is 9.72. The van der Waals surface area contributed by atoms with E-state index in [1.165, 1.54) is 24.3 Å². The number of hydrogen-bond acceptors (Lipinski definition) is 4. The number of pyridine rings is 1. The molecule has 0 aliphatic carbocycles. The summed E-state index contributed by atoms with van der Waals surface area (Å²) in [6.45, 7) is 0.375. The Kier molecular flexibility index (Phi) is 7.14. The summed E-state index contributed by atoms with van der Waals surface area (Å²) in [7, 11) is 3.29. The van der Waals surface area contributed by atoms with E-state index < -0.39 is 17.6 Å². The molecule has 0 atom stereocenters. The van der Waals surface area contributed by atoms with Gasteiger partial charge in [0.2, 0.25) is 5.91 Å². The zero-order valence-corrected chi connectivity index (χ0v) is 17.6. The van der Waals surface area contributed by atoms with Crippen LogP contribution >= 0.6 is 0 Å². The Balaban J connectivity index is 1.63. The molecule has 166 valence electrons. The summed E-state index contributed by atoms with van der Waals surface area (Å²) in [4.78, 5) is 17.8. The number of nitrogens with one attached hydrogen (secondary N) is 1. The summed E-state index contributed by atoms with van der Waals surface area (Å²) in [5.74, 6) is -0.0173. The Labute approximate surface area is 184 Å². The van der Waals surface area contributed by atoms with Gasteiger partial charge in [0.15, 0.2) is 0 Å². The van der Waals surface area contributed by atoms with Crippen LogP contribution in [0.1, 0.15) is 16.7 Å². The molecule has 3 rings (SSSR count). The molecule has 0 unspecified atom stereocenters.